The largest absolute Gasteiger partial charge is 0.406 e. The lowest BCUT2D eigenvalue weighted by Crippen LogP contribution is -2.44. The smallest absolute Gasteiger partial charge is 0.207 e. The van der Waals surface area contributed by atoms with Gasteiger partial charge in [-0.15, -0.1) is 0 Å². The molecule has 0 bridgehead atoms. The topological polar surface area (TPSA) is 0 Å². The van der Waals surface area contributed by atoms with Crippen molar-refractivity contribution < 1.29 is 17.6 Å². The van der Waals surface area contributed by atoms with E-state index in [2.05, 4.69) is 0 Å². The summed E-state index contributed by atoms with van der Waals surface area (Å²) in [5.74, 6) is -0.572. The third-order valence-corrected chi connectivity index (χ3v) is 4.67. The molecule has 3 rings (SSSR count). The van der Waals surface area contributed by atoms with Gasteiger partial charge in [-0.3, -0.25) is 0 Å². The van der Waals surface area contributed by atoms with Crippen LogP contribution in [-0.4, -0.2) is 6.18 Å². The molecule has 0 unspecified atom stereocenters. The minimum Gasteiger partial charge on any atom is -0.207 e. The van der Waals surface area contributed by atoms with E-state index in [4.69, 9.17) is 0 Å². The van der Waals surface area contributed by atoms with Crippen LogP contribution in [0.25, 0.3) is 0 Å². The van der Waals surface area contributed by atoms with Crippen LogP contribution in [0.5, 0.6) is 0 Å². The summed E-state index contributed by atoms with van der Waals surface area (Å²) in [5.41, 5.74) is -0.445. The zero-order valence-electron chi connectivity index (χ0n) is 14.4. The van der Waals surface area contributed by atoms with E-state index < -0.39 is 17.4 Å². The molecule has 0 aliphatic carbocycles. The fourth-order valence-electron chi connectivity index (χ4n) is 3.30. The van der Waals surface area contributed by atoms with Gasteiger partial charge in [-0.05, 0) is 42.7 Å². The third kappa shape index (κ3) is 3.00. The van der Waals surface area contributed by atoms with Crippen LogP contribution in [0.3, 0.4) is 0 Å². The summed E-state index contributed by atoms with van der Waals surface area (Å²) in [6.45, 7) is 3.64. The monoisotopic (exact) mass is 358 g/mol. The highest BCUT2D eigenvalue weighted by molar-refractivity contribution is 5.53. The van der Waals surface area contributed by atoms with Gasteiger partial charge in [0.15, 0.2) is 0 Å². The summed E-state index contributed by atoms with van der Waals surface area (Å²) in [7, 11) is 0. The van der Waals surface area contributed by atoms with Crippen molar-refractivity contribution in [3.05, 3.63) is 106 Å². The first-order valence-corrected chi connectivity index (χ1v) is 8.22. The molecule has 0 atom stereocenters. The van der Waals surface area contributed by atoms with Crippen LogP contribution in [0.1, 0.15) is 27.8 Å². The van der Waals surface area contributed by atoms with Gasteiger partial charge >= 0.3 is 6.18 Å². The first kappa shape index (κ1) is 18.2. The average molecular weight is 358 g/mol. The van der Waals surface area contributed by atoms with Crippen molar-refractivity contribution in [3.63, 3.8) is 0 Å². The van der Waals surface area contributed by atoms with E-state index in [0.29, 0.717) is 0 Å². The highest BCUT2D eigenvalue weighted by Gasteiger charge is 2.58. The highest BCUT2D eigenvalue weighted by atomic mass is 19.4. The summed E-state index contributed by atoms with van der Waals surface area (Å²) >= 11 is 0. The van der Waals surface area contributed by atoms with Gasteiger partial charge in [-0.1, -0.05) is 71.8 Å². The van der Waals surface area contributed by atoms with Crippen molar-refractivity contribution in [1.82, 2.24) is 0 Å². The molecule has 3 aromatic carbocycles. The van der Waals surface area contributed by atoms with Gasteiger partial charge in [0.25, 0.3) is 0 Å². The standard InChI is InChI=1S/C22H18F4/c1-15-3-7-17(8-4-15)21(22(24,25)26,18-9-5-16(2)6-10-18)19-11-13-20(23)14-12-19/h3-14H,1-2H3. The normalized spacial score (nSPS) is 12.2. The fraction of sp³-hybridized carbons (Fsp3) is 0.182. The molecule has 4 heteroatoms. The van der Waals surface area contributed by atoms with E-state index in [1.807, 2.05) is 13.8 Å². The molecule has 0 saturated heterocycles. The Morgan fingerprint density at radius 3 is 1.15 bits per heavy atom. The molecule has 0 fully saturated rings. The van der Waals surface area contributed by atoms with Crippen molar-refractivity contribution >= 4 is 0 Å². The van der Waals surface area contributed by atoms with E-state index in [-0.39, 0.29) is 16.7 Å². The zero-order chi connectivity index (χ0) is 18.9. The molecule has 0 nitrogen and oxygen atoms in total. The zero-order valence-corrected chi connectivity index (χ0v) is 14.4. The lowest BCUT2D eigenvalue weighted by Gasteiger charge is -2.37. The molecular formula is C22H18F4. The summed E-state index contributed by atoms with van der Waals surface area (Å²) in [4.78, 5) is 0. The number of aryl methyl sites for hydroxylation is 2. The van der Waals surface area contributed by atoms with Gasteiger partial charge in [0.1, 0.15) is 11.2 Å². The molecule has 0 spiro atoms. The van der Waals surface area contributed by atoms with Gasteiger partial charge in [-0.2, -0.15) is 13.2 Å². The molecule has 0 aliphatic rings. The van der Waals surface area contributed by atoms with Crippen molar-refractivity contribution in [1.29, 1.82) is 0 Å². The minimum absolute atomic E-state index is 0.0147. The fourth-order valence-corrected chi connectivity index (χ4v) is 3.30. The predicted molar refractivity (Wildman–Crippen MR) is 94.7 cm³/mol. The molecule has 0 amide bonds. The van der Waals surface area contributed by atoms with Crippen LogP contribution in [0.2, 0.25) is 0 Å². The molecule has 0 N–H and O–H groups in total. The lowest BCUT2D eigenvalue weighted by atomic mass is 9.68. The van der Waals surface area contributed by atoms with Gasteiger partial charge in [0, 0.05) is 0 Å². The Bertz CT molecular complexity index is 762. The maximum absolute atomic E-state index is 14.6. The van der Waals surface area contributed by atoms with Crippen LogP contribution in [-0.2, 0) is 5.41 Å². The quantitative estimate of drug-likeness (QED) is 0.379. The number of hydrogen-bond donors (Lipinski definition) is 0. The Balaban J connectivity index is 2.40. The van der Waals surface area contributed by atoms with Crippen molar-refractivity contribution in [3.8, 4) is 0 Å². The number of halogens is 4. The van der Waals surface area contributed by atoms with Crippen LogP contribution < -0.4 is 0 Å². The Labute approximate surface area is 150 Å². The molecule has 26 heavy (non-hydrogen) atoms. The first-order chi connectivity index (χ1) is 12.2. The van der Waals surface area contributed by atoms with E-state index in [9.17, 15) is 17.6 Å². The van der Waals surface area contributed by atoms with Gasteiger partial charge in [0.05, 0.1) is 0 Å². The van der Waals surface area contributed by atoms with Crippen molar-refractivity contribution in [2.75, 3.05) is 0 Å². The molecule has 0 aromatic heterocycles. The first-order valence-electron chi connectivity index (χ1n) is 8.22. The highest BCUT2D eigenvalue weighted by Crippen LogP contribution is 2.51. The van der Waals surface area contributed by atoms with Crippen LogP contribution in [0, 0.1) is 19.7 Å². The van der Waals surface area contributed by atoms with Crippen molar-refractivity contribution in [2.24, 2.45) is 0 Å². The molecule has 3 aromatic rings. The second-order valence-corrected chi connectivity index (χ2v) is 6.49. The Morgan fingerprint density at radius 2 is 0.846 bits per heavy atom. The Kier molecular flexibility index (Phi) is 4.61. The van der Waals surface area contributed by atoms with Crippen LogP contribution in [0.15, 0.2) is 72.8 Å². The van der Waals surface area contributed by atoms with Gasteiger partial charge in [0.2, 0.25) is 0 Å². The third-order valence-electron chi connectivity index (χ3n) is 4.67. The predicted octanol–water partition coefficient (Wildman–Crippen LogP) is 6.34. The van der Waals surface area contributed by atoms with Gasteiger partial charge in [-0.25, -0.2) is 4.39 Å². The maximum atomic E-state index is 14.6. The molecule has 0 radical (unpaired) electrons. The van der Waals surface area contributed by atoms with E-state index in [1.54, 1.807) is 24.3 Å². The number of alkyl halides is 3. The molecule has 134 valence electrons. The van der Waals surface area contributed by atoms with Gasteiger partial charge < -0.3 is 0 Å². The molecular weight excluding hydrogens is 340 g/mol. The SMILES string of the molecule is Cc1ccc(C(c2ccc(C)cc2)(c2ccc(F)cc2)C(F)(F)F)cc1. The van der Waals surface area contributed by atoms with Crippen LogP contribution >= 0.6 is 0 Å². The van der Waals surface area contributed by atoms with Crippen molar-refractivity contribution in [2.45, 2.75) is 25.4 Å². The number of hydrogen-bond acceptors (Lipinski definition) is 0. The van der Waals surface area contributed by atoms with Crippen LogP contribution in [0.4, 0.5) is 17.6 Å². The number of rotatable bonds is 3. The molecule has 0 aliphatic heterocycles. The summed E-state index contributed by atoms with van der Waals surface area (Å²) in [6.07, 6.45) is -4.62. The Hall–Kier alpha value is -2.62. The average Bonchev–Trinajstić information content (AvgIpc) is 2.59. The minimum atomic E-state index is -4.62. The molecule has 0 saturated carbocycles. The maximum Gasteiger partial charge on any atom is 0.406 e. The lowest BCUT2D eigenvalue weighted by molar-refractivity contribution is -0.166. The summed E-state index contributed by atoms with van der Waals surface area (Å²) < 4.78 is 57.3. The summed E-state index contributed by atoms with van der Waals surface area (Å²) in [6, 6.07) is 17.2. The van der Waals surface area contributed by atoms with E-state index in [0.717, 1.165) is 23.3 Å². The summed E-state index contributed by atoms with van der Waals surface area (Å²) in [5, 5.41) is 0. The van der Waals surface area contributed by atoms with E-state index >= 15 is 0 Å². The van der Waals surface area contributed by atoms with E-state index in [1.165, 1.54) is 36.4 Å². The second kappa shape index (κ2) is 6.60. The molecule has 0 heterocycles. The Morgan fingerprint density at radius 1 is 0.538 bits per heavy atom. The second-order valence-electron chi connectivity index (χ2n) is 6.49. The number of benzene rings is 3.